The third kappa shape index (κ3) is 3.09. The maximum absolute atomic E-state index is 13.7. The van der Waals surface area contributed by atoms with Gasteiger partial charge in [-0.25, -0.2) is 4.39 Å². The molecule has 1 atom stereocenters. The number of hydrogen-bond acceptors (Lipinski definition) is 3. The molecule has 1 aromatic rings. The highest BCUT2D eigenvalue weighted by atomic mass is 19.1. The van der Waals surface area contributed by atoms with Crippen LogP contribution in [0, 0.1) is 5.82 Å². The van der Waals surface area contributed by atoms with Gasteiger partial charge in [-0.05, 0) is 31.5 Å². The Hall–Kier alpha value is -1.29. The zero-order valence-electron chi connectivity index (χ0n) is 10.4. The number of hydrogen-bond donors (Lipinski definition) is 1. The molecule has 0 aliphatic carbocycles. The molecular formula is C13H19FN2O. The van der Waals surface area contributed by atoms with E-state index in [-0.39, 0.29) is 11.9 Å². The number of nitrogens with one attached hydrogen (secondary N) is 1. The van der Waals surface area contributed by atoms with Gasteiger partial charge in [0, 0.05) is 26.7 Å². The maximum atomic E-state index is 13.7. The van der Waals surface area contributed by atoms with E-state index in [1.54, 1.807) is 11.0 Å². The second-order valence-corrected chi connectivity index (χ2v) is 4.59. The van der Waals surface area contributed by atoms with Crippen LogP contribution in [0.5, 0.6) is 5.75 Å². The number of piperidine rings is 1. The standard InChI is InChI=1S/C13H19FN2O/c1-16(2)13-6-5-10(8-12(13)14)17-11-4-3-7-15-9-11/h5-6,8,11,15H,3-4,7,9H2,1-2H3. The quantitative estimate of drug-likeness (QED) is 0.872. The van der Waals surface area contributed by atoms with Gasteiger partial charge in [-0.3, -0.25) is 0 Å². The maximum Gasteiger partial charge on any atom is 0.150 e. The summed E-state index contributed by atoms with van der Waals surface area (Å²) in [4.78, 5) is 1.75. The molecule has 17 heavy (non-hydrogen) atoms. The van der Waals surface area contributed by atoms with Crippen molar-refractivity contribution < 1.29 is 9.13 Å². The highest BCUT2D eigenvalue weighted by Gasteiger charge is 2.15. The van der Waals surface area contributed by atoms with E-state index in [2.05, 4.69) is 5.32 Å². The van der Waals surface area contributed by atoms with E-state index in [0.717, 1.165) is 25.9 Å². The lowest BCUT2D eigenvalue weighted by Gasteiger charge is -2.24. The summed E-state index contributed by atoms with van der Waals surface area (Å²) in [6, 6.07) is 5.04. The van der Waals surface area contributed by atoms with E-state index in [9.17, 15) is 4.39 Å². The minimum atomic E-state index is -0.240. The first-order valence-corrected chi connectivity index (χ1v) is 6.01. The van der Waals surface area contributed by atoms with Crippen LogP contribution in [-0.2, 0) is 0 Å². The summed E-state index contributed by atoms with van der Waals surface area (Å²) < 4.78 is 19.5. The first-order chi connectivity index (χ1) is 8.16. The lowest BCUT2D eigenvalue weighted by atomic mass is 10.1. The summed E-state index contributed by atoms with van der Waals surface area (Å²) >= 11 is 0. The first kappa shape index (κ1) is 12.2. The molecule has 0 spiro atoms. The monoisotopic (exact) mass is 238 g/mol. The summed E-state index contributed by atoms with van der Waals surface area (Å²) in [5, 5.41) is 3.27. The molecule has 0 aromatic heterocycles. The molecule has 0 amide bonds. The van der Waals surface area contributed by atoms with Crippen molar-refractivity contribution in [2.24, 2.45) is 0 Å². The van der Waals surface area contributed by atoms with Gasteiger partial charge in [-0.2, -0.15) is 0 Å². The van der Waals surface area contributed by atoms with Crippen LogP contribution < -0.4 is 15.0 Å². The van der Waals surface area contributed by atoms with E-state index in [1.165, 1.54) is 6.07 Å². The van der Waals surface area contributed by atoms with Crippen molar-refractivity contribution in [2.45, 2.75) is 18.9 Å². The normalized spacial score (nSPS) is 20.1. The van der Waals surface area contributed by atoms with Gasteiger partial charge >= 0.3 is 0 Å². The van der Waals surface area contributed by atoms with Gasteiger partial charge in [-0.1, -0.05) is 0 Å². The van der Waals surface area contributed by atoms with Crippen LogP contribution in [0.1, 0.15) is 12.8 Å². The Morgan fingerprint density at radius 1 is 1.41 bits per heavy atom. The van der Waals surface area contributed by atoms with Crippen molar-refractivity contribution in [1.29, 1.82) is 0 Å². The van der Waals surface area contributed by atoms with Crippen LogP contribution in [0.2, 0.25) is 0 Å². The lowest BCUT2D eigenvalue weighted by molar-refractivity contribution is 0.166. The van der Waals surface area contributed by atoms with E-state index >= 15 is 0 Å². The fourth-order valence-electron chi connectivity index (χ4n) is 2.04. The summed E-state index contributed by atoms with van der Waals surface area (Å²) in [5.74, 6) is 0.373. The molecule has 1 aliphatic heterocycles. The van der Waals surface area contributed by atoms with E-state index in [0.29, 0.717) is 11.4 Å². The molecule has 0 bridgehead atoms. The van der Waals surface area contributed by atoms with Crippen LogP contribution in [0.4, 0.5) is 10.1 Å². The molecule has 0 radical (unpaired) electrons. The average Bonchev–Trinajstić information content (AvgIpc) is 2.30. The molecule has 3 nitrogen and oxygen atoms in total. The highest BCUT2D eigenvalue weighted by molar-refractivity contribution is 5.49. The molecule has 4 heteroatoms. The summed E-state index contributed by atoms with van der Waals surface area (Å²) in [5.41, 5.74) is 0.583. The molecule has 1 N–H and O–H groups in total. The van der Waals surface area contributed by atoms with Gasteiger partial charge in [0.05, 0.1) is 5.69 Å². The Kier molecular flexibility index (Phi) is 3.84. The van der Waals surface area contributed by atoms with Gasteiger partial charge in [0.2, 0.25) is 0 Å². The molecule has 2 rings (SSSR count). The third-order valence-electron chi connectivity index (χ3n) is 2.96. The SMILES string of the molecule is CN(C)c1ccc(OC2CCCNC2)cc1F. The minimum absolute atomic E-state index is 0.161. The van der Waals surface area contributed by atoms with Crippen LogP contribution >= 0.6 is 0 Å². The molecular weight excluding hydrogens is 219 g/mol. The van der Waals surface area contributed by atoms with Crippen molar-refractivity contribution in [3.05, 3.63) is 24.0 Å². The van der Waals surface area contributed by atoms with Crippen molar-refractivity contribution in [3.63, 3.8) is 0 Å². The van der Waals surface area contributed by atoms with Gasteiger partial charge in [0.25, 0.3) is 0 Å². The van der Waals surface area contributed by atoms with Crippen LogP contribution in [0.25, 0.3) is 0 Å². The number of rotatable bonds is 3. The molecule has 1 unspecified atom stereocenters. The highest BCUT2D eigenvalue weighted by Crippen LogP contribution is 2.24. The predicted octanol–water partition coefficient (Wildman–Crippen LogP) is 2.02. The van der Waals surface area contributed by atoms with Gasteiger partial charge < -0.3 is 15.0 Å². The van der Waals surface area contributed by atoms with Crippen molar-refractivity contribution in [3.8, 4) is 5.75 Å². The molecule has 1 saturated heterocycles. The van der Waals surface area contributed by atoms with Crippen molar-refractivity contribution in [1.82, 2.24) is 5.32 Å². The van der Waals surface area contributed by atoms with E-state index in [1.807, 2.05) is 20.2 Å². The largest absolute Gasteiger partial charge is 0.489 e. The van der Waals surface area contributed by atoms with E-state index < -0.39 is 0 Å². The summed E-state index contributed by atoms with van der Waals surface area (Å²) in [6.45, 7) is 1.89. The zero-order chi connectivity index (χ0) is 12.3. The first-order valence-electron chi connectivity index (χ1n) is 6.01. The number of benzene rings is 1. The molecule has 1 heterocycles. The number of nitrogens with zero attached hydrogens (tertiary/aromatic N) is 1. The van der Waals surface area contributed by atoms with Gasteiger partial charge in [0.15, 0.2) is 0 Å². The lowest BCUT2D eigenvalue weighted by Crippen LogP contribution is -2.37. The summed E-state index contributed by atoms with van der Waals surface area (Å²) in [7, 11) is 3.65. The fraction of sp³-hybridized carbons (Fsp3) is 0.538. The second kappa shape index (κ2) is 5.36. The number of ether oxygens (including phenoxy) is 1. The Bertz CT molecular complexity index is 376. The molecule has 1 aromatic carbocycles. The van der Waals surface area contributed by atoms with Gasteiger partial charge in [0.1, 0.15) is 17.7 Å². The molecule has 0 saturated carbocycles. The molecule has 1 fully saturated rings. The second-order valence-electron chi connectivity index (χ2n) is 4.59. The van der Waals surface area contributed by atoms with Gasteiger partial charge in [-0.15, -0.1) is 0 Å². The van der Waals surface area contributed by atoms with Crippen LogP contribution in [0.15, 0.2) is 18.2 Å². The van der Waals surface area contributed by atoms with E-state index in [4.69, 9.17) is 4.74 Å². The molecule has 94 valence electrons. The smallest absolute Gasteiger partial charge is 0.150 e. The molecule has 1 aliphatic rings. The predicted molar refractivity (Wildman–Crippen MR) is 67.2 cm³/mol. The van der Waals surface area contributed by atoms with Crippen LogP contribution in [0.3, 0.4) is 0 Å². The third-order valence-corrected chi connectivity index (χ3v) is 2.96. The average molecular weight is 238 g/mol. The van der Waals surface area contributed by atoms with Crippen molar-refractivity contribution in [2.75, 3.05) is 32.1 Å². The summed E-state index contributed by atoms with van der Waals surface area (Å²) in [6.07, 6.45) is 2.31. The van der Waals surface area contributed by atoms with Crippen LogP contribution in [-0.4, -0.2) is 33.3 Å². The Labute approximate surface area is 102 Å². The van der Waals surface area contributed by atoms with Crippen molar-refractivity contribution >= 4 is 5.69 Å². The number of anilines is 1. The Balaban J connectivity index is 2.04. The Morgan fingerprint density at radius 2 is 2.24 bits per heavy atom. The zero-order valence-corrected chi connectivity index (χ0v) is 10.4. The Morgan fingerprint density at radius 3 is 2.82 bits per heavy atom. The number of halogens is 1. The topological polar surface area (TPSA) is 24.5 Å². The minimum Gasteiger partial charge on any atom is -0.489 e. The fourth-order valence-corrected chi connectivity index (χ4v) is 2.04.